The number of amides is 3. The molecule has 22 nitrogen and oxygen atoms in total. The van der Waals surface area contributed by atoms with E-state index in [-0.39, 0.29) is 103 Å². The van der Waals surface area contributed by atoms with E-state index < -0.39 is 42.5 Å². The van der Waals surface area contributed by atoms with Crippen molar-refractivity contribution in [1.29, 1.82) is 0 Å². The summed E-state index contributed by atoms with van der Waals surface area (Å²) in [5.41, 5.74) is 0.698. The quantitative estimate of drug-likeness (QED) is 0.0231. The average Bonchev–Trinajstić information content (AvgIpc) is 3.26. The number of Topliss-reactive ketones (excluding diaryl/α,β-unsaturated/α-hetero) is 1. The SMILES string of the molecule is O=COCN1CCN(COC=O)CCN(CC(=O)CCCCCC(=O)N(CCCCC(NC(=O)NC(CCC(=O)O)C(=O)O)OC=O)Cc2ccc([18F])cc2)CCN(COC=O)CC1.[68GaH3]. The van der Waals surface area contributed by atoms with E-state index >= 15 is 0 Å². The zero-order chi connectivity index (χ0) is 47.0. The van der Waals surface area contributed by atoms with Crippen LogP contribution in [0.3, 0.4) is 0 Å². The molecule has 0 saturated carbocycles. The van der Waals surface area contributed by atoms with Gasteiger partial charge < -0.3 is 44.7 Å². The van der Waals surface area contributed by atoms with Crippen molar-refractivity contribution < 1.29 is 76.7 Å². The molecule has 2 unspecified atom stereocenters. The molecule has 1 saturated heterocycles. The van der Waals surface area contributed by atoms with Gasteiger partial charge in [0.15, 0.2) is 6.23 Å². The Kier molecular flexibility index (Phi) is 31.3. The molecule has 24 heteroatoms. The van der Waals surface area contributed by atoms with Crippen molar-refractivity contribution in [3.05, 3.63) is 35.6 Å². The summed E-state index contributed by atoms with van der Waals surface area (Å²) < 4.78 is 33.6. The number of ether oxygens (including phenoxy) is 4. The molecule has 0 spiro atoms. The second-order valence-electron chi connectivity index (χ2n) is 15.0. The topological polar surface area (TPSA) is 271 Å². The molecule has 1 fully saturated rings. The number of carboxylic acid groups (broad SMARTS) is 2. The molecule has 4 N–H and O–H groups in total. The van der Waals surface area contributed by atoms with Crippen LogP contribution in [0.1, 0.15) is 69.8 Å². The van der Waals surface area contributed by atoms with Crippen LogP contribution in [0.4, 0.5) is 9.18 Å². The maximum absolute atomic E-state index is 13.6. The van der Waals surface area contributed by atoms with Crippen molar-refractivity contribution in [2.24, 2.45) is 0 Å². The van der Waals surface area contributed by atoms with Crippen molar-refractivity contribution in [3.63, 3.8) is 0 Å². The summed E-state index contributed by atoms with van der Waals surface area (Å²) in [5, 5.41) is 22.7. The second-order valence-corrected chi connectivity index (χ2v) is 15.0. The number of aliphatic carboxylic acids is 2. The van der Waals surface area contributed by atoms with Gasteiger partial charge in [0.1, 0.15) is 37.8 Å². The van der Waals surface area contributed by atoms with Gasteiger partial charge in [0.25, 0.3) is 25.9 Å². The van der Waals surface area contributed by atoms with E-state index in [1.165, 1.54) is 12.1 Å². The zero-order valence-electron chi connectivity index (χ0n) is 36.1. The van der Waals surface area contributed by atoms with Gasteiger partial charge in [-0.25, -0.2) is 14.0 Å². The number of halogens is 1. The van der Waals surface area contributed by atoms with Crippen molar-refractivity contribution >= 4 is 75.3 Å². The van der Waals surface area contributed by atoms with Gasteiger partial charge in [0.05, 0.1) is 6.54 Å². The summed E-state index contributed by atoms with van der Waals surface area (Å²) in [6, 6.07) is 3.27. The first kappa shape index (κ1) is 57.9. The van der Waals surface area contributed by atoms with Gasteiger partial charge in [-0.1, -0.05) is 18.6 Å². The molecule has 1 aromatic carbocycles. The van der Waals surface area contributed by atoms with E-state index in [0.717, 1.165) is 0 Å². The van der Waals surface area contributed by atoms with Crippen LogP contribution < -0.4 is 10.6 Å². The Hall–Kier alpha value is -5.14. The number of carbonyl (C=O) groups excluding carboxylic acids is 7. The number of urea groups is 1. The van der Waals surface area contributed by atoms with Crippen molar-refractivity contribution in [2.75, 3.05) is 85.6 Å². The van der Waals surface area contributed by atoms with Gasteiger partial charge in [-0.2, -0.15) is 0 Å². The molecule has 0 radical (unpaired) electrons. The molecule has 1 heterocycles. The van der Waals surface area contributed by atoms with Crippen LogP contribution >= 0.6 is 0 Å². The number of benzene rings is 1. The normalized spacial score (nSPS) is 15.2. The van der Waals surface area contributed by atoms with E-state index in [9.17, 15) is 52.6 Å². The van der Waals surface area contributed by atoms with Gasteiger partial charge in [0, 0.05) is 91.1 Å². The Balaban J connectivity index is 0.0000211. The summed E-state index contributed by atoms with van der Waals surface area (Å²) >= 11 is 0. The Morgan fingerprint density at radius 3 is 1.68 bits per heavy atom. The van der Waals surface area contributed by atoms with Crippen molar-refractivity contribution in [1.82, 2.24) is 35.1 Å². The predicted molar refractivity (Wildman–Crippen MR) is 232 cm³/mol. The molecule has 1 aliphatic heterocycles. The van der Waals surface area contributed by atoms with Gasteiger partial charge in [-0.15, -0.1) is 0 Å². The zero-order valence-corrected chi connectivity index (χ0v) is 36.1. The molecule has 2 atom stereocenters. The summed E-state index contributed by atoms with van der Waals surface area (Å²) in [7, 11) is 0. The molecule has 0 aromatic heterocycles. The second kappa shape index (κ2) is 35.2. The number of nitrogens with one attached hydrogen (secondary N) is 2. The minimum absolute atomic E-state index is 0. The molecule has 3 amide bonds. The molecule has 65 heavy (non-hydrogen) atoms. The third kappa shape index (κ3) is 27.1. The van der Waals surface area contributed by atoms with Crippen LogP contribution in [0.5, 0.6) is 0 Å². The van der Waals surface area contributed by atoms with Crippen LogP contribution in [0.15, 0.2) is 24.3 Å². The third-order valence-electron chi connectivity index (χ3n) is 10.2. The Bertz CT molecular complexity index is 1570. The fourth-order valence-electron chi connectivity index (χ4n) is 6.64. The van der Waals surface area contributed by atoms with Gasteiger partial charge >= 0.3 is 37.8 Å². The standard InChI is InChI=1S/C41H62FN7O15.Ga.3H/c42-34-11-9-33(10-12-34)24-49(15-5-4-7-37(64-32-53)44-41(60)43-36(40(58)59)13-14-39(56)57)38(55)8-3-1-2-6-35(54)25-45-16-18-46(26-61-29-50)20-22-48(28-63-31-52)23-21-47(19-17-45)27-62-30-51;;;;/h9-12,29-32,36-37H,1-8,13-28H2,(H,56,57)(H,58,59)(H2,43,44,60);;;;/i42-1;1-2;;;. The number of rotatable bonds is 32. The third-order valence-corrected chi connectivity index (χ3v) is 10.2. The van der Waals surface area contributed by atoms with Crippen LogP contribution in [0.2, 0.25) is 0 Å². The summed E-state index contributed by atoms with van der Waals surface area (Å²) in [6.45, 7) is 5.79. The summed E-state index contributed by atoms with van der Waals surface area (Å²) in [6.07, 6.45) is 0.988. The molecular formula is C41H65FGaN7O15. The van der Waals surface area contributed by atoms with Gasteiger partial charge in [0.2, 0.25) is 5.91 Å². The number of hydrogen-bond acceptors (Lipinski definition) is 17. The Morgan fingerprint density at radius 2 is 1.18 bits per heavy atom. The summed E-state index contributed by atoms with van der Waals surface area (Å²) in [4.78, 5) is 115. The van der Waals surface area contributed by atoms with Crippen LogP contribution in [-0.4, -0.2) is 208 Å². The molecule has 364 valence electrons. The Labute approximate surface area is 390 Å². The molecule has 0 bridgehead atoms. The van der Waals surface area contributed by atoms with E-state index in [1.807, 2.05) is 19.6 Å². The first-order chi connectivity index (χ1) is 30.9. The molecule has 2 rings (SSSR count). The fraction of sp³-hybridized carbons (Fsp3) is 0.634. The van der Waals surface area contributed by atoms with E-state index in [0.29, 0.717) is 109 Å². The van der Waals surface area contributed by atoms with Crippen LogP contribution in [-0.2, 0) is 63.8 Å². The number of hydrogen-bond donors (Lipinski definition) is 4. The number of ketones is 1. The molecule has 0 aliphatic carbocycles. The fourth-order valence-corrected chi connectivity index (χ4v) is 6.64. The van der Waals surface area contributed by atoms with Gasteiger partial charge in [-0.05, 0) is 49.8 Å². The van der Waals surface area contributed by atoms with Crippen LogP contribution in [0, 0.1) is 5.82 Å². The number of carboxylic acids is 2. The predicted octanol–water partition coefficient (Wildman–Crippen LogP) is -0.610. The minimum atomic E-state index is -1.49. The number of nitrogens with zero attached hydrogens (tertiary/aromatic N) is 5. The first-order valence-corrected chi connectivity index (χ1v) is 21.1. The number of carbonyl (C=O) groups is 9. The maximum atomic E-state index is 13.6. The van der Waals surface area contributed by atoms with E-state index in [1.54, 1.807) is 17.0 Å². The molecule has 1 aliphatic rings. The monoisotopic (exact) mass is 981 g/mol. The molecular weight excluding hydrogens is 916 g/mol. The van der Waals surface area contributed by atoms with Crippen molar-refractivity contribution in [3.8, 4) is 0 Å². The average molecular weight is 982 g/mol. The molecule has 1 aromatic rings. The number of unbranched alkanes of at least 4 members (excludes halogenated alkanes) is 3. The summed E-state index contributed by atoms with van der Waals surface area (Å²) in [5.74, 6) is -3.27. The van der Waals surface area contributed by atoms with E-state index in [2.05, 4.69) is 10.6 Å². The van der Waals surface area contributed by atoms with E-state index in [4.69, 9.17) is 24.1 Å². The Morgan fingerprint density at radius 1 is 0.662 bits per heavy atom. The van der Waals surface area contributed by atoms with Crippen LogP contribution in [0.25, 0.3) is 0 Å². The van der Waals surface area contributed by atoms with Crippen molar-refractivity contribution in [2.45, 2.75) is 83.0 Å². The van der Waals surface area contributed by atoms with Gasteiger partial charge in [-0.3, -0.25) is 53.2 Å². The first-order valence-electron chi connectivity index (χ1n) is 21.1.